The van der Waals surface area contributed by atoms with Gasteiger partial charge in [-0.25, -0.2) is 14.5 Å². The predicted molar refractivity (Wildman–Crippen MR) is 177 cm³/mol. The van der Waals surface area contributed by atoms with Gasteiger partial charge in [0.2, 0.25) is 5.91 Å². The average Bonchev–Trinajstić information content (AvgIpc) is 3.65. The lowest BCUT2D eigenvalue weighted by Crippen LogP contribution is -2.34. The number of hydrogen-bond acceptors (Lipinski definition) is 6. The number of carbonyl (C=O) groups is 2. The molecule has 1 aliphatic heterocycles. The molecule has 1 saturated heterocycles. The van der Waals surface area contributed by atoms with Gasteiger partial charge >= 0.3 is 12.4 Å². The predicted octanol–water partition coefficient (Wildman–Crippen LogP) is 7.65. The number of alkyl halides is 3. The lowest BCUT2D eigenvalue weighted by atomic mass is 10.0. The number of nitrogens with zero attached hydrogens (tertiary/aromatic N) is 5. The second-order valence-corrected chi connectivity index (χ2v) is 12.2. The van der Waals surface area contributed by atoms with Crippen LogP contribution in [0.3, 0.4) is 0 Å². The molecular formula is C34H35F3N6O3S. The van der Waals surface area contributed by atoms with Crippen molar-refractivity contribution in [1.82, 2.24) is 20.1 Å². The number of aryl methyl sites for hydroxylation is 3. The van der Waals surface area contributed by atoms with Gasteiger partial charge < -0.3 is 10.1 Å². The first-order valence-corrected chi connectivity index (χ1v) is 16.3. The molecule has 47 heavy (non-hydrogen) atoms. The third-order valence-electron chi connectivity index (χ3n) is 7.47. The molecular weight excluding hydrogens is 629 g/mol. The van der Waals surface area contributed by atoms with E-state index in [1.807, 2.05) is 56.3 Å². The first-order valence-electron chi connectivity index (χ1n) is 15.3. The molecule has 1 aliphatic rings. The zero-order chi connectivity index (χ0) is 33.6. The van der Waals surface area contributed by atoms with Gasteiger partial charge in [0.25, 0.3) is 0 Å². The lowest BCUT2D eigenvalue weighted by molar-refractivity contribution is -0.274. The van der Waals surface area contributed by atoms with Crippen LogP contribution in [0.15, 0.2) is 78.0 Å². The molecule has 0 aliphatic carbocycles. The van der Waals surface area contributed by atoms with Crippen LogP contribution in [-0.4, -0.2) is 50.0 Å². The van der Waals surface area contributed by atoms with E-state index in [0.29, 0.717) is 16.7 Å². The van der Waals surface area contributed by atoms with E-state index in [1.54, 1.807) is 4.90 Å². The fourth-order valence-electron chi connectivity index (χ4n) is 5.20. The fourth-order valence-corrected chi connectivity index (χ4v) is 6.06. The van der Waals surface area contributed by atoms with Crippen LogP contribution in [0.5, 0.6) is 5.75 Å². The molecule has 1 aromatic heterocycles. The van der Waals surface area contributed by atoms with Crippen LogP contribution in [0.1, 0.15) is 49.8 Å². The van der Waals surface area contributed by atoms with Crippen LogP contribution in [0.25, 0.3) is 17.1 Å². The quantitative estimate of drug-likeness (QED) is 0.177. The van der Waals surface area contributed by atoms with E-state index in [1.165, 1.54) is 47.0 Å². The van der Waals surface area contributed by atoms with Crippen molar-refractivity contribution >= 4 is 34.6 Å². The molecule has 2 heterocycles. The first-order chi connectivity index (χ1) is 22.5. The Balaban J connectivity index is 1.12. The smallest absolute Gasteiger partial charge is 0.406 e. The molecule has 9 nitrogen and oxygen atoms in total. The average molecular weight is 665 g/mol. The van der Waals surface area contributed by atoms with Crippen molar-refractivity contribution in [3.05, 3.63) is 89.7 Å². The molecule has 1 N–H and O–H groups in total. The standard InChI is InChI=1S/C34H35F3N6O3S/c1-4-6-25-12-9-22(2)19-29(25)43-30(44)20-47-33(43)40-32(45)39-23(3)7-5-8-24-10-13-26(14-11-24)31-38-21-42(41-31)27-15-17-28(18-16-27)46-34(35,36)37/h9-19,21,23H,4-8,20H2,1-3H3,(H,39,45). The van der Waals surface area contributed by atoms with Crippen LogP contribution in [0, 0.1) is 6.92 Å². The summed E-state index contributed by atoms with van der Waals surface area (Å²) in [4.78, 5) is 35.8. The molecule has 1 fully saturated rings. The summed E-state index contributed by atoms with van der Waals surface area (Å²) < 4.78 is 42.6. The molecule has 1 atom stereocenters. The van der Waals surface area contributed by atoms with Gasteiger partial charge in [-0.05, 0) is 86.6 Å². The lowest BCUT2D eigenvalue weighted by Gasteiger charge is -2.20. The zero-order valence-corrected chi connectivity index (χ0v) is 27.1. The molecule has 0 radical (unpaired) electrons. The third kappa shape index (κ3) is 9.00. The number of rotatable bonds is 11. The number of halogens is 3. The van der Waals surface area contributed by atoms with E-state index < -0.39 is 12.4 Å². The van der Waals surface area contributed by atoms with Gasteiger partial charge in [-0.15, -0.1) is 18.3 Å². The van der Waals surface area contributed by atoms with Crippen LogP contribution in [0.2, 0.25) is 0 Å². The Morgan fingerprint density at radius 2 is 1.83 bits per heavy atom. The molecule has 1 unspecified atom stereocenters. The molecule has 3 amide bonds. The summed E-state index contributed by atoms with van der Waals surface area (Å²) in [5, 5.41) is 7.78. The number of amides is 3. The molecule has 0 saturated carbocycles. The second-order valence-electron chi connectivity index (χ2n) is 11.3. The zero-order valence-electron chi connectivity index (χ0n) is 26.3. The normalized spacial score (nSPS) is 14.9. The van der Waals surface area contributed by atoms with Gasteiger partial charge in [-0.3, -0.25) is 9.69 Å². The van der Waals surface area contributed by atoms with Crippen molar-refractivity contribution in [3.8, 4) is 22.8 Å². The number of hydrogen-bond donors (Lipinski definition) is 1. The van der Waals surface area contributed by atoms with Crippen molar-refractivity contribution in [1.29, 1.82) is 0 Å². The molecule has 4 aromatic rings. The van der Waals surface area contributed by atoms with Gasteiger partial charge in [0.1, 0.15) is 12.1 Å². The Labute approximate surface area is 275 Å². The summed E-state index contributed by atoms with van der Waals surface area (Å²) in [6.07, 6.45) is 0.892. The van der Waals surface area contributed by atoms with Crippen LogP contribution in [0.4, 0.5) is 23.7 Å². The number of aromatic nitrogens is 3. The highest BCUT2D eigenvalue weighted by molar-refractivity contribution is 8.15. The summed E-state index contributed by atoms with van der Waals surface area (Å²) in [5.74, 6) is 0.334. The highest BCUT2D eigenvalue weighted by atomic mass is 32.2. The number of urea groups is 1. The maximum Gasteiger partial charge on any atom is 0.573 e. The van der Waals surface area contributed by atoms with Gasteiger partial charge in [0.05, 0.1) is 17.1 Å². The Bertz CT molecular complexity index is 1740. The molecule has 3 aromatic carbocycles. The number of carbonyl (C=O) groups excluding carboxylic acids is 2. The number of amidine groups is 1. The van der Waals surface area contributed by atoms with E-state index in [2.05, 4.69) is 32.1 Å². The molecule has 13 heteroatoms. The fraction of sp³-hybridized carbons (Fsp3) is 0.324. The second kappa shape index (κ2) is 14.8. The summed E-state index contributed by atoms with van der Waals surface area (Å²) in [6.45, 7) is 6.01. The van der Waals surface area contributed by atoms with Gasteiger partial charge in [0.15, 0.2) is 11.0 Å². The van der Waals surface area contributed by atoms with E-state index >= 15 is 0 Å². The Morgan fingerprint density at radius 3 is 2.53 bits per heavy atom. The largest absolute Gasteiger partial charge is 0.573 e. The molecule has 0 bridgehead atoms. The van der Waals surface area contributed by atoms with E-state index in [9.17, 15) is 22.8 Å². The van der Waals surface area contributed by atoms with E-state index in [-0.39, 0.29) is 23.5 Å². The number of ether oxygens (including phenoxy) is 1. The Kier molecular flexibility index (Phi) is 10.6. The number of aliphatic imine (C=N–C) groups is 1. The molecule has 5 rings (SSSR count). The van der Waals surface area contributed by atoms with E-state index in [0.717, 1.165) is 60.0 Å². The minimum atomic E-state index is -4.75. The first kappa shape index (κ1) is 33.7. The van der Waals surface area contributed by atoms with Crippen LogP contribution in [-0.2, 0) is 17.6 Å². The van der Waals surface area contributed by atoms with Crippen LogP contribution < -0.4 is 15.0 Å². The summed E-state index contributed by atoms with van der Waals surface area (Å²) >= 11 is 1.27. The monoisotopic (exact) mass is 664 g/mol. The highest BCUT2D eigenvalue weighted by Gasteiger charge is 2.32. The van der Waals surface area contributed by atoms with Gasteiger partial charge in [-0.1, -0.05) is 61.5 Å². The van der Waals surface area contributed by atoms with Crippen molar-refractivity contribution < 1.29 is 27.5 Å². The minimum Gasteiger partial charge on any atom is -0.406 e. The number of anilines is 1. The van der Waals surface area contributed by atoms with Crippen molar-refractivity contribution in [2.75, 3.05) is 10.7 Å². The number of benzene rings is 3. The summed E-state index contributed by atoms with van der Waals surface area (Å²) in [6, 6.07) is 18.7. The van der Waals surface area contributed by atoms with E-state index in [4.69, 9.17) is 0 Å². The van der Waals surface area contributed by atoms with Crippen molar-refractivity contribution in [2.24, 2.45) is 4.99 Å². The Hall–Kier alpha value is -4.65. The Morgan fingerprint density at radius 1 is 1.09 bits per heavy atom. The maximum absolute atomic E-state index is 12.8. The number of nitrogens with one attached hydrogen (secondary N) is 1. The third-order valence-corrected chi connectivity index (χ3v) is 8.40. The molecule has 0 spiro atoms. The summed E-state index contributed by atoms with van der Waals surface area (Å²) in [5.41, 5.74) is 5.35. The minimum absolute atomic E-state index is 0.0825. The van der Waals surface area contributed by atoms with Gasteiger partial charge in [0, 0.05) is 11.6 Å². The summed E-state index contributed by atoms with van der Waals surface area (Å²) in [7, 11) is 0. The van der Waals surface area contributed by atoms with Gasteiger partial charge in [-0.2, -0.15) is 4.99 Å². The molecule has 246 valence electrons. The highest BCUT2D eigenvalue weighted by Crippen LogP contribution is 2.31. The number of thioether (sulfide) groups is 1. The topological polar surface area (TPSA) is 102 Å². The SMILES string of the molecule is CCCc1ccc(C)cc1N1C(=O)CSC1=NC(=O)NC(C)CCCc1ccc(-c2ncn(-c3ccc(OC(F)(F)F)cc3)n2)cc1. The van der Waals surface area contributed by atoms with Crippen molar-refractivity contribution in [3.63, 3.8) is 0 Å². The van der Waals surface area contributed by atoms with Crippen LogP contribution >= 0.6 is 11.8 Å². The maximum atomic E-state index is 12.8. The van der Waals surface area contributed by atoms with Crippen molar-refractivity contribution in [2.45, 2.75) is 65.3 Å².